The number of anilines is 1. The number of amides is 2. The third-order valence-electron chi connectivity index (χ3n) is 5.40. The number of para-hydroxylation sites is 1. The number of benzene rings is 1. The van der Waals surface area contributed by atoms with Gasteiger partial charge in [-0.3, -0.25) is 19.3 Å². The number of fused-ring (bicyclic) bond motifs is 3. The Balaban J connectivity index is 1.61. The van der Waals surface area contributed by atoms with Crippen molar-refractivity contribution in [1.82, 2.24) is 0 Å². The van der Waals surface area contributed by atoms with E-state index in [0.29, 0.717) is 18.7 Å². The van der Waals surface area contributed by atoms with Crippen LogP contribution in [0.3, 0.4) is 0 Å². The lowest BCUT2D eigenvalue weighted by Gasteiger charge is -2.32. The highest BCUT2D eigenvalue weighted by Crippen LogP contribution is 2.50. The Morgan fingerprint density at radius 2 is 1.88 bits per heavy atom. The van der Waals surface area contributed by atoms with E-state index >= 15 is 0 Å². The van der Waals surface area contributed by atoms with Crippen molar-refractivity contribution in [2.75, 3.05) is 11.5 Å². The smallest absolute Gasteiger partial charge is 0.304 e. The zero-order valence-electron chi connectivity index (χ0n) is 13.4. The molecule has 2 heterocycles. The van der Waals surface area contributed by atoms with E-state index in [2.05, 4.69) is 0 Å². The van der Waals surface area contributed by atoms with Gasteiger partial charge in [-0.1, -0.05) is 18.2 Å². The van der Waals surface area contributed by atoms with E-state index in [1.54, 1.807) is 12.1 Å². The van der Waals surface area contributed by atoms with Crippen LogP contribution in [-0.4, -0.2) is 30.7 Å². The van der Waals surface area contributed by atoms with Crippen LogP contribution in [0.15, 0.2) is 30.3 Å². The summed E-state index contributed by atoms with van der Waals surface area (Å²) in [4.78, 5) is 38.3. The highest BCUT2D eigenvalue weighted by Gasteiger charge is 2.59. The number of rotatable bonds is 2. The number of carbonyl (C=O) groups is 3. The van der Waals surface area contributed by atoms with E-state index in [1.807, 2.05) is 18.2 Å². The summed E-state index contributed by atoms with van der Waals surface area (Å²) in [5, 5.41) is 0. The summed E-state index contributed by atoms with van der Waals surface area (Å²) in [6, 6.07) is 9.03. The molecule has 1 aromatic carbocycles. The first-order valence-electron chi connectivity index (χ1n) is 8.29. The molecular weight excluding hydrogens is 310 g/mol. The highest BCUT2D eigenvalue weighted by atomic mass is 16.7. The molecule has 0 unspecified atom stereocenters. The van der Waals surface area contributed by atoms with Crippen molar-refractivity contribution in [1.29, 1.82) is 0 Å². The highest BCUT2D eigenvalue weighted by molar-refractivity contribution is 6.22. The molecule has 126 valence electrons. The standard InChI is InChI=1S/C18H19NO5/c1-10(20)24-18-12-7-8-13-15(14(12)9-23-18)17(22)19(16(13)21)11-5-3-2-4-6-11/h2-6,12-15,18H,7-9H2,1H3/t12-,13+,14-,15+,18+/m1/s1. The zero-order valence-corrected chi connectivity index (χ0v) is 13.4. The second kappa shape index (κ2) is 5.70. The van der Waals surface area contributed by atoms with Gasteiger partial charge in [-0.05, 0) is 25.0 Å². The Labute approximate surface area is 139 Å². The van der Waals surface area contributed by atoms with Crippen LogP contribution in [0, 0.1) is 23.7 Å². The number of imide groups is 1. The van der Waals surface area contributed by atoms with Gasteiger partial charge >= 0.3 is 5.97 Å². The molecule has 0 N–H and O–H groups in total. The molecule has 24 heavy (non-hydrogen) atoms. The molecule has 0 spiro atoms. The van der Waals surface area contributed by atoms with Crippen molar-refractivity contribution >= 4 is 23.5 Å². The average molecular weight is 329 g/mol. The molecule has 2 saturated heterocycles. The van der Waals surface area contributed by atoms with Crippen molar-refractivity contribution < 1.29 is 23.9 Å². The molecule has 6 heteroatoms. The minimum Gasteiger partial charge on any atom is -0.436 e. The third kappa shape index (κ3) is 2.24. The summed E-state index contributed by atoms with van der Waals surface area (Å²) in [6.45, 7) is 1.70. The van der Waals surface area contributed by atoms with Gasteiger partial charge in [0.2, 0.25) is 18.1 Å². The second-order valence-corrected chi connectivity index (χ2v) is 6.70. The normalized spacial score (nSPS) is 34.9. The molecule has 1 aliphatic carbocycles. The van der Waals surface area contributed by atoms with Gasteiger partial charge in [0.25, 0.3) is 0 Å². The van der Waals surface area contributed by atoms with E-state index in [9.17, 15) is 14.4 Å². The summed E-state index contributed by atoms with van der Waals surface area (Å²) in [5.41, 5.74) is 0.619. The van der Waals surface area contributed by atoms with Crippen LogP contribution in [-0.2, 0) is 23.9 Å². The quantitative estimate of drug-likeness (QED) is 0.610. The minimum absolute atomic E-state index is 0.0115. The molecule has 5 atom stereocenters. The van der Waals surface area contributed by atoms with Gasteiger partial charge in [0.1, 0.15) is 0 Å². The van der Waals surface area contributed by atoms with Gasteiger partial charge in [0.15, 0.2) is 0 Å². The average Bonchev–Trinajstić information content (AvgIpc) is 3.07. The third-order valence-corrected chi connectivity index (χ3v) is 5.40. The SMILES string of the molecule is CC(=O)O[C@@H]1OC[C@@H]2[C@H]1CC[C@@H]1C(=O)N(c3ccccc3)C(=O)[C@H]21. The Hall–Kier alpha value is -2.21. The number of hydrogen-bond donors (Lipinski definition) is 0. The van der Waals surface area contributed by atoms with Crippen molar-refractivity contribution in [3.05, 3.63) is 30.3 Å². The maximum atomic E-state index is 13.0. The van der Waals surface area contributed by atoms with Crippen LogP contribution in [0.5, 0.6) is 0 Å². The summed E-state index contributed by atoms with van der Waals surface area (Å²) in [7, 11) is 0. The molecular formula is C18H19NO5. The molecule has 0 radical (unpaired) electrons. The topological polar surface area (TPSA) is 72.9 Å². The molecule has 0 aromatic heterocycles. The molecule has 6 nitrogen and oxygen atoms in total. The maximum absolute atomic E-state index is 13.0. The minimum atomic E-state index is -0.595. The predicted molar refractivity (Wildman–Crippen MR) is 83.6 cm³/mol. The van der Waals surface area contributed by atoms with E-state index in [1.165, 1.54) is 11.8 Å². The van der Waals surface area contributed by atoms with Crippen LogP contribution in [0.25, 0.3) is 0 Å². The molecule has 3 fully saturated rings. The molecule has 2 aliphatic heterocycles. The largest absolute Gasteiger partial charge is 0.436 e. The Bertz CT molecular complexity index is 688. The lowest BCUT2D eigenvalue weighted by Crippen LogP contribution is -2.39. The van der Waals surface area contributed by atoms with E-state index in [0.717, 1.165) is 6.42 Å². The van der Waals surface area contributed by atoms with Gasteiger partial charge < -0.3 is 9.47 Å². The van der Waals surface area contributed by atoms with Gasteiger partial charge in [-0.2, -0.15) is 0 Å². The fraction of sp³-hybridized carbons (Fsp3) is 0.500. The van der Waals surface area contributed by atoms with Crippen molar-refractivity contribution in [3.8, 4) is 0 Å². The number of ether oxygens (including phenoxy) is 2. The van der Waals surface area contributed by atoms with E-state index in [4.69, 9.17) is 9.47 Å². The number of nitrogens with zero attached hydrogens (tertiary/aromatic N) is 1. The van der Waals surface area contributed by atoms with Gasteiger partial charge in [-0.25, -0.2) is 0 Å². The van der Waals surface area contributed by atoms with Crippen molar-refractivity contribution in [2.24, 2.45) is 23.7 Å². The Morgan fingerprint density at radius 3 is 2.58 bits per heavy atom. The van der Waals surface area contributed by atoms with Crippen LogP contribution in [0.2, 0.25) is 0 Å². The lowest BCUT2D eigenvalue weighted by molar-refractivity contribution is -0.174. The fourth-order valence-electron chi connectivity index (χ4n) is 4.40. The Kier molecular flexibility index (Phi) is 3.64. The summed E-state index contributed by atoms with van der Waals surface area (Å²) < 4.78 is 10.9. The fourth-order valence-corrected chi connectivity index (χ4v) is 4.40. The van der Waals surface area contributed by atoms with E-state index < -0.39 is 6.29 Å². The molecule has 3 aliphatic rings. The molecule has 1 saturated carbocycles. The molecule has 4 rings (SSSR count). The van der Waals surface area contributed by atoms with E-state index in [-0.39, 0.29) is 41.5 Å². The van der Waals surface area contributed by atoms with Gasteiger partial charge in [0, 0.05) is 18.8 Å². The second-order valence-electron chi connectivity index (χ2n) is 6.70. The van der Waals surface area contributed by atoms with Crippen LogP contribution < -0.4 is 4.90 Å². The van der Waals surface area contributed by atoms with Crippen LogP contribution in [0.1, 0.15) is 19.8 Å². The lowest BCUT2D eigenvalue weighted by atomic mass is 9.68. The molecule has 0 bridgehead atoms. The predicted octanol–water partition coefficient (Wildman–Crippen LogP) is 1.74. The first-order valence-corrected chi connectivity index (χ1v) is 8.29. The molecule has 2 amide bonds. The van der Waals surface area contributed by atoms with Gasteiger partial charge in [-0.15, -0.1) is 0 Å². The summed E-state index contributed by atoms with van der Waals surface area (Å²) >= 11 is 0. The Morgan fingerprint density at radius 1 is 1.12 bits per heavy atom. The van der Waals surface area contributed by atoms with Crippen LogP contribution >= 0.6 is 0 Å². The monoisotopic (exact) mass is 329 g/mol. The molecule has 1 aromatic rings. The maximum Gasteiger partial charge on any atom is 0.304 e. The zero-order chi connectivity index (χ0) is 16.8. The number of esters is 1. The number of carbonyl (C=O) groups excluding carboxylic acids is 3. The first-order chi connectivity index (χ1) is 11.6. The first kappa shape index (κ1) is 15.3. The summed E-state index contributed by atoms with van der Waals surface area (Å²) in [5.74, 6) is -1.41. The van der Waals surface area contributed by atoms with Gasteiger partial charge in [0.05, 0.1) is 24.1 Å². The summed E-state index contributed by atoms with van der Waals surface area (Å²) in [6.07, 6.45) is 0.758. The van der Waals surface area contributed by atoms with Crippen molar-refractivity contribution in [3.63, 3.8) is 0 Å². The van der Waals surface area contributed by atoms with Crippen molar-refractivity contribution in [2.45, 2.75) is 26.1 Å². The number of hydrogen-bond acceptors (Lipinski definition) is 5. The van der Waals surface area contributed by atoms with Crippen LogP contribution in [0.4, 0.5) is 5.69 Å².